The van der Waals surface area contributed by atoms with Gasteiger partial charge in [0.05, 0.1) is 18.2 Å². The molecule has 194 valence electrons. The molecule has 0 saturated carbocycles. The Morgan fingerprint density at radius 1 is 1.11 bits per heavy atom. The van der Waals surface area contributed by atoms with Crippen LogP contribution in [0.2, 0.25) is 0 Å². The summed E-state index contributed by atoms with van der Waals surface area (Å²) in [5, 5.41) is 12.0. The van der Waals surface area contributed by atoms with Crippen LogP contribution in [0.4, 0.5) is 0 Å². The average molecular weight is 503 g/mol. The predicted molar refractivity (Wildman–Crippen MR) is 138 cm³/mol. The lowest BCUT2D eigenvalue weighted by Crippen LogP contribution is -2.58. The largest absolute Gasteiger partial charge is 0.454 e. The molecule has 4 aliphatic heterocycles. The summed E-state index contributed by atoms with van der Waals surface area (Å²) >= 11 is 0. The first kappa shape index (κ1) is 23.9. The number of nitrogens with zero attached hydrogens (tertiary/aromatic N) is 5. The number of ether oxygens (including phenoxy) is 2. The highest BCUT2D eigenvalue weighted by molar-refractivity contribution is 5.79. The van der Waals surface area contributed by atoms with Gasteiger partial charge in [-0.2, -0.15) is 0 Å². The number of hydrogen-bond acceptors (Lipinski definition) is 7. The van der Waals surface area contributed by atoms with Gasteiger partial charge in [0.25, 0.3) is 0 Å². The number of rotatable bonds is 9. The van der Waals surface area contributed by atoms with E-state index in [9.17, 15) is 4.79 Å². The normalized spacial score (nSPS) is 23.9. The van der Waals surface area contributed by atoms with Crippen molar-refractivity contribution in [3.8, 4) is 11.5 Å². The Hall–Kier alpha value is -3.43. The Morgan fingerprint density at radius 2 is 1.97 bits per heavy atom. The SMILES string of the molecule is CN(Cc1ccccc1)Cc1cn(C[C@H]2C[C@H]3CCN2C[C@@H]3C(=O)NCc2ccc3c(c2)OCO3)nn1. The third-order valence-corrected chi connectivity index (χ3v) is 7.83. The molecule has 4 aliphatic rings. The summed E-state index contributed by atoms with van der Waals surface area (Å²) in [6.45, 7) is 5.07. The Bertz CT molecular complexity index is 1230. The zero-order valence-corrected chi connectivity index (χ0v) is 21.3. The van der Waals surface area contributed by atoms with Crippen molar-refractivity contribution in [2.75, 3.05) is 26.9 Å². The zero-order valence-electron chi connectivity index (χ0n) is 21.3. The van der Waals surface area contributed by atoms with Crippen LogP contribution in [0, 0.1) is 11.8 Å². The molecule has 9 heteroatoms. The van der Waals surface area contributed by atoms with Crippen LogP contribution in [-0.4, -0.2) is 63.7 Å². The molecule has 0 aliphatic carbocycles. The minimum absolute atomic E-state index is 0.0388. The molecule has 1 amide bonds. The minimum Gasteiger partial charge on any atom is -0.454 e. The molecule has 1 aromatic heterocycles. The van der Waals surface area contributed by atoms with Gasteiger partial charge in [0.2, 0.25) is 12.7 Å². The van der Waals surface area contributed by atoms with E-state index in [0.717, 1.165) is 68.3 Å². The van der Waals surface area contributed by atoms with Crippen LogP contribution in [-0.2, 0) is 31.0 Å². The first-order valence-electron chi connectivity index (χ1n) is 13.1. The maximum atomic E-state index is 13.1. The van der Waals surface area contributed by atoms with Crippen molar-refractivity contribution in [2.45, 2.75) is 45.1 Å². The number of nitrogens with one attached hydrogen (secondary N) is 1. The molecule has 2 bridgehead atoms. The first-order chi connectivity index (χ1) is 18.1. The summed E-state index contributed by atoms with van der Waals surface area (Å²) in [6, 6.07) is 16.7. The van der Waals surface area contributed by atoms with Crippen molar-refractivity contribution in [3.05, 3.63) is 71.5 Å². The molecule has 3 saturated heterocycles. The number of hydrogen-bond donors (Lipinski definition) is 1. The van der Waals surface area contributed by atoms with Crippen LogP contribution in [0.25, 0.3) is 0 Å². The molecule has 3 aromatic rings. The summed E-state index contributed by atoms with van der Waals surface area (Å²) in [5.41, 5.74) is 3.29. The van der Waals surface area contributed by atoms with Gasteiger partial charge >= 0.3 is 0 Å². The molecule has 1 unspecified atom stereocenters. The molecule has 5 heterocycles. The summed E-state index contributed by atoms with van der Waals surface area (Å²) in [4.78, 5) is 17.8. The van der Waals surface area contributed by atoms with E-state index in [4.69, 9.17) is 9.47 Å². The lowest BCUT2D eigenvalue weighted by Gasteiger charge is -2.49. The fourth-order valence-electron chi connectivity index (χ4n) is 5.94. The maximum Gasteiger partial charge on any atom is 0.231 e. The van der Waals surface area contributed by atoms with Gasteiger partial charge in [-0.05, 0) is 55.6 Å². The number of benzene rings is 2. The van der Waals surface area contributed by atoms with Crippen LogP contribution in [0.3, 0.4) is 0 Å². The topological polar surface area (TPSA) is 84.8 Å². The van der Waals surface area contributed by atoms with Crippen molar-refractivity contribution in [3.63, 3.8) is 0 Å². The monoisotopic (exact) mass is 502 g/mol. The van der Waals surface area contributed by atoms with Crippen LogP contribution in [0.5, 0.6) is 11.5 Å². The summed E-state index contributed by atoms with van der Waals surface area (Å²) in [7, 11) is 2.11. The molecule has 9 nitrogen and oxygen atoms in total. The summed E-state index contributed by atoms with van der Waals surface area (Å²) < 4.78 is 12.8. The summed E-state index contributed by atoms with van der Waals surface area (Å²) in [5.74, 6) is 2.10. The lowest BCUT2D eigenvalue weighted by molar-refractivity contribution is -0.133. The van der Waals surface area contributed by atoms with Gasteiger partial charge in [0, 0.05) is 38.4 Å². The van der Waals surface area contributed by atoms with Gasteiger partial charge in [-0.15, -0.1) is 5.10 Å². The molecule has 1 N–H and O–H groups in total. The van der Waals surface area contributed by atoms with Crippen LogP contribution >= 0.6 is 0 Å². The number of piperidine rings is 3. The molecule has 7 rings (SSSR count). The molecule has 0 spiro atoms. The number of fused-ring (bicyclic) bond motifs is 4. The Labute approximate surface area is 217 Å². The molecule has 4 atom stereocenters. The Morgan fingerprint density at radius 3 is 2.81 bits per heavy atom. The van der Waals surface area contributed by atoms with E-state index in [1.165, 1.54) is 5.56 Å². The quantitative estimate of drug-likeness (QED) is 0.482. The lowest BCUT2D eigenvalue weighted by atomic mass is 9.75. The second-order valence-corrected chi connectivity index (χ2v) is 10.5. The van der Waals surface area contributed by atoms with Crippen molar-refractivity contribution in [2.24, 2.45) is 11.8 Å². The van der Waals surface area contributed by atoms with E-state index < -0.39 is 0 Å². The van der Waals surface area contributed by atoms with Crippen molar-refractivity contribution < 1.29 is 14.3 Å². The van der Waals surface area contributed by atoms with E-state index in [1.807, 2.05) is 28.9 Å². The molecular formula is C28H34N6O3. The van der Waals surface area contributed by atoms with E-state index in [2.05, 4.69) is 62.9 Å². The molecule has 0 radical (unpaired) electrons. The van der Waals surface area contributed by atoms with Gasteiger partial charge in [0.15, 0.2) is 11.5 Å². The van der Waals surface area contributed by atoms with E-state index in [1.54, 1.807) is 0 Å². The second-order valence-electron chi connectivity index (χ2n) is 10.5. The van der Waals surface area contributed by atoms with E-state index >= 15 is 0 Å². The molecule has 2 aromatic carbocycles. The van der Waals surface area contributed by atoms with Crippen LogP contribution in [0.1, 0.15) is 29.7 Å². The number of amides is 1. The van der Waals surface area contributed by atoms with Crippen LogP contribution < -0.4 is 14.8 Å². The van der Waals surface area contributed by atoms with Crippen molar-refractivity contribution >= 4 is 5.91 Å². The van der Waals surface area contributed by atoms with Crippen molar-refractivity contribution in [1.29, 1.82) is 0 Å². The molecule has 37 heavy (non-hydrogen) atoms. The van der Waals surface area contributed by atoms with Gasteiger partial charge in [0.1, 0.15) is 0 Å². The number of carbonyl (C=O) groups is 1. The first-order valence-corrected chi connectivity index (χ1v) is 13.1. The van der Waals surface area contributed by atoms with Gasteiger partial charge in [-0.3, -0.25) is 19.3 Å². The maximum absolute atomic E-state index is 13.1. The van der Waals surface area contributed by atoms with Gasteiger partial charge < -0.3 is 14.8 Å². The number of aromatic nitrogens is 3. The highest BCUT2D eigenvalue weighted by atomic mass is 16.7. The third kappa shape index (κ3) is 5.47. The smallest absolute Gasteiger partial charge is 0.231 e. The highest BCUT2D eigenvalue weighted by Gasteiger charge is 2.43. The Balaban J connectivity index is 0.993. The van der Waals surface area contributed by atoms with E-state index in [-0.39, 0.29) is 18.6 Å². The fourth-order valence-corrected chi connectivity index (χ4v) is 5.94. The van der Waals surface area contributed by atoms with Gasteiger partial charge in [-0.25, -0.2) is 0 Å². The Kier molecular flexibility index (Phi) is 6.80. The highest BCUT2D eigenvalue weighted by Crippen LogP contribution is 2.37. The summed E-state index contributed by atoms with van der Waals surface area (Å²) in [6.07, 6.45) is 4.16. The fraction of sp³-hybridized carbons (Fsp3) is 0.464. The molecule has 3 fully saturated rings. The number of carbonyl (C=O) groups excluding carboxylic acids is 1. The standard InChI is InChI=1S/C28H34N6O3/c1-32(14-20-5-3-2-4-6-20)15-23-16-34(31-30-23)17-24-12-22-9-10-33(24)18-25(22)28(35)29-13-21-7-8-26-27(11-21)37-19-36-26/h2-8,11,16,22,24-25H,9-10,12-15,17-19H2,1H3,(H,29,35)/t22-,24-,25+/m1/s1. The minimum atomic E-state index is 0.0388. The van der Waals surface area contributed by atoms with Crippen molar-refractivity contribution in [1.82, 2.24) is 30.1 Å². The zero-order chi connectivity index (χ0) is 25.2. The molecular weight excluding hydrogens is 468 g/mol. The average Bonchev–Trinajstić information content (AvgIpc) is 3.57. The van der Waals surface area contributed by atoms with Crippen LogP contribution in [0.15, 0.2) is 54.7 Å². The third-order valence-electron chi connectivity index (χ3n) is 7.83. The predicted octanol–water partition coefficient (Wildman–Crippen LogP) is 2.67. The van der Waals surface area contributed by atoms with E-state index in [0.29, 0.717) is 18.5 Å². The second kappa shape index (κ2) is 10.5. The van der Waals surface area contributed by atoms with Gasteiger partial charge in [-0.1, -0.05) is 41.6 Å².